The average molecular weight is 304 g/mol. The van der Waals surface area contributed by atoms with Crippen molar-refractivity contribution >= 4 is 33.2 Å². The molecule has 1 aromatic rings. The average Bonchev–Trinajstić information content (AvgIpc) is 2.68. The molecule has 0 aromatic carbocycles. The highest BCUT2D eigenvalue weighted by Gasteiger charge is 2.17. The predicted molar refractivity (Wildman–Crippen MR) is 73.2 cm³/mol. The summed E-state index contributed by atoms with van der Waals surface area (Å²) < 4.78 is 0. The van der Waals surface area contributed by atoms with Crippen molar-refractivity contribution in [3.05, 3.63) is 22.4 Å². The summed E-state index contributed by atoms with van der Waals surface area (Å²) in [5.74, 6) is 0.112. The van der Waals surface area contributed by atoms with Crippen LogP contribution in [0.15, 0.2) is 16.8 Å². The second kappa shape index (κ2) is 6.40. The van der Waals surface area contributed by atoms with Crippen molar-refractivity contribution in [2.75, 3.05) is 11.9 Å². The summed E-state index contributed by atoms with van der Waals surface area (Å²) in [5, 5.41) is 7.98. The van der Waals surface area contributed by atoms with Gasteiger partial charge in [0.1, 0.15) is 0 Å². The Morgan fingerprint density at radius 2 is 2.31 bits per heavy atom. The van der Waals surface area contributed by atoms with E-state index in [1.54, 1.807) is 11.3 Å². The van der Waals surface area contributed by atoms with Gasteiger partial charge in [-0.1, -0.05) is 29.8 Å². The maximum absolute atomic E-state index is 11.6. The molecule has 1 N–H and O–H groups in total. The lowest BCUT2D eigenvalue weighted by atomic mass is 9.90. The molecule has 0 radical (unpaired) electrons. The lowest BCUT2D eigenvalue weighted by Gasteiger charge is -2.23. The van der Waals surface area contributed by atoms with Gasteiger partial charge >= 0.3 is 0 Å². The zero-order chi connectivity index (χ0) is 12.0. The van der Waals surface area contributed by atoms with Crippen molar-refractivity contribution in [1.82, 2.24) is 5.32 Å². The molecule has 0 aliphatic carbocycles. The van der Waals surface area contributed by atoms with Gasteiger partial charge in [-0.15, -0.1) is 0 Å². The smallest absolute Gasteiger partial charge is 0.224 e. The first-order chi connectivity index (χ1) is 7.53. The Kier molecular flexibility index (Phi) is 5.49. The molecule has 1 aromatic heterocycles. The Morgan fingerprint density at radius 3 is 2.88 bits per heavy atom. The normalized spacial score (nSPS) is 11.4. The predicted octanol–water partition coefficient (Wildman–Crippen LogP) is 3.22. The Hall–Kier alpha value is -0.350. The standard InChI is InChI=1S/C12H18BrNOS/c1-12(2,4-5-13)9-14-11(15)7-10-3-6-16-8-10/h3,6,8H,4-5,7,9H2,1-2H3,(H,14,15). The minimum atomic E-state index is 0.112. The summed E-state index contributed by atoms with van der Waals surface area (Å²) in [6.45, 7) is 5.07. The molecule has 90 valence electrons. The van der Waals surface area contributed by atoms with Gasteiger partial charge in [0.25, 0.3) is 0 Å². The third-order valence-corrected chi connectivity index (χ3v) is 3.61. The number of thiophene rings is 1. The minimum absolute atomic E-state index is 0.112. The SMILES string of the molecule is CC(C)(CCBr)CNC(=O)Cc1ccsc1. The molecule has 0 fully saturated rings. The number of hydrogen-bond acceptors (Lipinski definition) is 2. The molecule has 0 saturated carbocycles. The van der Waals surface area contributed by atoms with Gasteiger partial charge in [0.05, 0.1) is 6.42 Å². The van der Waals surface area contributed by atoms with Crippen molar-refractivity contribution in [3.8, 4) is 0 Å². The first-order valence-corrected chi connectivity index (χ1v) is 7.44. The number of amides is 1. The lowest BCUT2D eigenvalue weighted by molar-refractivity contribution is -0.120. The number of rotatable bonds is 6. The zero-order valence-electron chi connectivity index (χ0n) is 9.75. The molecule has 0 bridgehead atoms. The number of carbonyl (C=O) groups is 1. The van der Waals surface area contributed by atoms with Gasteiger partial charge in [0, 0.05) is 11.9 Å². The fourth-order valence-corrected chi connectivity index (χ4v) is 3.07. The first kappa shape index (κ1) is 13.7. The van der Waals surface area contributed by atoms with Crippen LogP contribution in [-0.4, -0.2) is 17.8 Å². The van der Waals surface area contributed by atoms with Gasteiger partial charge in [0.15, 0.2) is 0 Å². The molecule has 1 rings (SSSR count). The molecule has 2 nitrogen and oxygen atoms in total. The van der Waals surface area contributed by atoms with E-state index in [4.69, 9.17) is 0 Å². The lowest BCUT2D eigenvalue weighted by Crippen LogP contribution is -2.35. The molecular weight excluding hydrogens is 286 g/mol. The van der Waals surface area contributed by atoms with Gasteiger partial charge in [-0.05, 0) is 34.2 Å². The molecule has 1 heterocycles. The summed E-state index contributed by atoms with van der Waals surface area (Å²) in [6, 6.07) is 1.99. The molecule has 0 spiro atoms. The van der Waals surface area contributed by atoms with E-state index in [0.717, 1.165) is 23.9 Å². The molecule has 0 aliphatic rings. The Morgan fingerprint density at radius 1 is 1.56 bits per heavy atom. The van der Waals surface area contributed by atoms with Gasteiger partial charge in [-0.2, -0.15) is 11.3 Å². The zero-order valence-corrected chi connectivity index (χ0v) is 12.2. The largest absolute Gasteiger partial charge is 0.355 e. The topological polar surface area (TPSA) is 29.1 Å². The van der Waals surface area contributed by atoms with E-state index in [-0.39, 0.29) is 11.3 Å². The quantitative estimate of drug-likeness (QED) is 0.803. The second-order valence-corrected chi connectivity index (χ2v) is 6.26. The van der Waals surface area contributed by atoms with E-state index in [1.165, 1.54) is 0 Å². The van der Waals surface area contributed by atoms with Gasteiger partial charge < -0.3 is 5.32 Å². The van der Waals surface area contributed by atoms with Crippen LogP contribution in [0.4, 0.5) is 0 Å². The van der Waals surface area contributed by atoms with Crippen molar-refractivity contribution < 1.29 is 4.79 Å². The van der Waals surface area contributed by atoms with Crippen LogP contribution in [0.25, 0.3) is 0 Å². The van der Waals surface area contributed by atoms with Gasteiger partial charge in [-0.3, -0.25) is 4.79 Å². The number of halogens is 1. The summed E-state index contributed by atoms with van der Waals surface area (Å²) in [6.07, 6.45) is 1.56. The maximum Gasteiger partial charge on any atom is 0.224 e. The van der Waals surface area contributed by atoms with Crippen LogP contribution in [-0.2, 0) is 11.2 Å². The molecular formula is C12H18BrNOS. The molecule has 0 atom stereocenters. The van der Waals surface area contributed by atoms with E-state index in [2.05, 4.69) is 35.1 Å². The molecule has 16 heavy (non-hydrogen) atoms. The van der Waals surface area contributed by atoms with Crippen molar-refractivity contribution in [2.45, 2.75) is 26.7 Å². The highest BCUT2D eigenvalue weighted by Crippen LogP contribution is 2.19. The Balaban J connectivity index is 2.30. The van der Waals surface area contributed by atoms with Crippen LogP contribution in [0.5, 0.6) is 0 Å². The van der Waals surface area contributed by atoms with Crippen LogP contribution < -0.4 is 5.32 Å². The fourth-order valence-electron chi connectivity index (χ4n) is 1.32. The Labute approximate surface area is 110 Å². The number of hydrogen-bond donors (Lipinski definition) is 1. The van der Waals surface area contributed by atoms with Crippen LogP contribution in [0.1, 0.15) is 25.8 Å². The van der Waals surface area contributed by atoms with E-state index in [1.807, 2.05) is 16.8 Å². The first-order valence-electron chi connectivity index (χ1n) is 5.37. The molecule has 0 aliphatic heterocycles. The third kappa shape index (κ3) is 5.12. The van der Waals surface area contributed by atoms with Gasteiger partial charge in [-0.25, -0.2) is 0 Å². The fraction of sp³-hybridized carbons (Fsp3) is 0.583. The monoisotopic (exact) mass is 303 g/mol. The number of nitrogens with one attached hydrogen (secondary N) is 1. The Bertz CT molecular complexity index is 322. The second-order valence-electron chi connectivity index (χ2n) is 4.69. The summed E-state index contributed by atoms with van der Waals surface area (Å²) in [5.41, 5.74) is 1.26. The van der Waals surface area contributed by atoms with Crippen LogP contribution in [0.3, 0.4) is 0 Å². The van der Waals surface area contributed by atoms with E-state index < -0.39 is 0 Å². The molecule has 1 amide bonds. The maximum atomic E-state index is 11.6. The van der Waals surface area contributed by atoms with Crippen molar-refractivity contribution in [1.29, 1.82) is 0 Å². The van der Waals surface area contributed by atoms with Crippen LogP contribution in [0, 0.1) is 5.41 Å². The van der Waals surface area contributed by atoms with E-state index in [9.17, 15) is 4.79 Å². The van der Waals surface area contributed by atoms with Gasteiger partial charge in [0.2, 0.25) is 5.91 Å². The van der Waals surface area contributed by atoms with Crippen molar-refractivity contribution in [2.24, 2.45) is 5.41 Å². The molecule has 0 unspecified atom stereocenters. The summed E-state index contributed by atoms with van der Waals surface area (Å²) >= 11 is 5.06. The minimum Gasteiger partial charge on any atom is -0.355 e. The van der Waals surface area contributed by atoms with Crippen LogP contribution in [0.2, 0.25) is 0 Å². The highest BCUT2D eigenvalue weighted by atomic mass is 79.9. The summed E-state index contributed by atoms with van der Waals surface area (Å²) in [4.78, 5) is 11.6. The highest BCUT2D eigenvalue weighted by molar-refractivity contribution is 9.09. The number of carbonyl (C=O) groups excluding carboxylic acids is 1. The third-order valence-electron chi connectivity index (χ3n) is 2.48. The molecule has 0 saturated heterocycles. The van der Waals surface area contributed by atoms with Crippen LogP contribution >= 0.6 is 27.3 Å². The van der Waals surface area contributed by atoms with Crippen molar-refractivity contribution in [3.63, 3.8) is 0 Å². The van der Waals surface area contributed by atoms with E-state index >= 15 is 0 Å². The van der Waals surface area contributed by atoms with E-state index in [0.29, 0.717) is 6.42 Å². The summed E-state index contributed by atoms with van der Waals surface area (Å²) in [7, 11) is 0. The number of alkyl halides is 1. The molecule has 4 heteroatoms.